The van der Waals surface area contributed by atoms with Gasteiger partial charge in [-0.25, -0.2) is 4.98 Å². The molecule has 0 aromatic carbocycles. The zero-order valence-corrected chi connectivity index (χ0v) is 11.2. The van der Waals surface area contributed by atoms with Crippen molar-refractivity contribution >= 4 is 29.0 Å². The molecule has 0 N–H and O–H groups in total. The third-order valence-corrected chi connectivity index (χ3v) is 5.57. The van der Waals surface area contributed by atoms with Crippen LogP contribution >= 0.6 is 23.1 Å². The predicted molar refractivity (Wildman–Crippen MR) is 68.6 cm³/mol. The molecule has 1 amide bonds. The Hall–Kier alpha value is -0.590. The van der Waals surface area contributed by atoms with E-state index in [1.54, 1.807) is 12.6 Å². The third-order valence-electron chi connectivity index (χ3n) is 3.41. The average molecular weight is 270 g/mol. The Balaban J connectivity index is 1.60. The minimum Gasteiger partial charge on any atom is -0.381 e. The first-order chi connectivity index (χ1) is 8.22. The average Bonchev–Trinajstić information content (AvgIpc) is 2.95. The van der Waals surface area contributed by atoms with Gasteiger partial charge in [0.15, 0.2) is 0 Å². The van der Waals surface area contributed by atoms with E-state index >= 15 is 0 Å². The van der Waals surface area contributed by atoms with Crippen molar-refractivity contribution < 1.29 is 9.53 Å². The molecule has 2 fully saturated rings. The Morgan fingerprint density at radius 3 is 3.06 bits per heavy atom. The molecule has 0 bridgehead atoms. The number of rotatable bonds is 2. The van der Waals surface area contributed by atoms with Gasteiger partial charge in [0.1, 0.15) is 5.69 Å². The van der Waals surface area contributed by atoms with Crippen molar-refractivity contribution in [3.63, 3.8) is 0 Å². The van der Waals surface area contributed by atoms with Crippen LogP contribution in [0.1, 0.15) is 16.9 Å². The fourth-order valence-electron chi connectivity index (χ4n) is 2.45. The van der Waals surface area contributed by atoms with Gasteiger partial charge in [-0.1, -0.05) is 0 Å². The minimum atomic E-state index is 0.0679. The van der Waals surface area contributed by atoms with Crippen LogP contribution in [0.25, 0.3) is 0 Å². The number of thioether (sulfide) groups is 1. The highest BCUT2D eigenvalue weighted by Crippen LogP contribution is 2.46. The number of nitrogens with zero attached hydrogens (tertiary/aromatic N) is 2. The van der Waals surface area contributed by atoms with Crippen LogP contribution in [0.2, 0.25) is 0 Å². The molecule has 0 radical (unpaired) electrons. The van der Waals surface area contributed by atoms with Crippen LogP contribution in [0.3, 0.4) is 0 Å². The number of methoxy groups -OCH3 is 1. The molecule has 2 aliphatic rings. The van der Waals surface area contributed by atoms with Gasteiger partial charge in [0.25, 0.3) is 5.91 Å². The summed E-state index contributed by atoms with van der Waals surface area (Å²) in [6.45, 7) is 1.68. The van der Waals surface area contributed by atoms with Crippen LogP contribution in [0.5, 0.6) is 0 Å². The topological polar surface area (TPSA) is 42.4 Å². The minimum absolute atomic E-state index is 0.0679. The lowest BCUT2D eigenvalue weighted by atomic mass is 9.92. The SMILES string of the molecule is CO[C@@H]1CSC2(C1)CN(C(=O)c1cscn1)C2. The van der Waals surface area contributed by atoms with E-state index in [1.165, 1.54) is 11.3 Å². The summed E-state index contributed by atoms with van der Waals surface area (Å²) >= 11 is 3.41. The van der Waals surface area contributed by atoms with Gasteiger partial charge >= 0.3 is 0 Å². The highest BCUT2D eigenvalue weighted by atomic mass is 32.2. The van der Waals surface area contributed by atoms with E-state index < -0.39 is 0 Å². The largest absolute Gasteiger partial charge is 0.381 e. The van der Waals surface area contributed by atoms with Gasteiger partial charge in [0.2, 0.25) is 0 Å². The molecule has 6 heteroatoms. The summed E-state index contributed by atoms with van der Waals surface area (Å²) in [5, 5.41) is 1.81. The number of hydrogen-bond acceptors (Lipinski definition) is 5. The Morgan fingerprint density at radius 2 is 2.47 bits per heavy atom. The maximum atomic E-state index is 12.0. The molecule has 17 heavy (non-hydrogen) atoms. The molecule has 92 valence electrons. The van der Waals surface area contributed by atoms with E-state index in [0.29, 0.717) is 11.8 Å². The summed E-state index contributed by atoms with van der Waals surface area (Å²) in [6, 6.07) is 0. The van der Waals surface area contributed by atoms with E-state index in [2.05, 4.69) is 4.98 Å². The normalized spacial score (nSPS) is 26.2. The fourth-order valence-corrected chi connectivity index (χ4v) is 4.56. The lowest BCUT2D eigenvalue weighted by Crippen LogP contribution is -2.60. The second-order valence-corrected chi connectivity index (χ2v) is 6.80. The standard InChI is InChI=1S/C11H14N2O2S2/c1-15-8-2-11(17-3-8)5-13(6-11)10(14)9-4-16-7-12-9/h4,7-8H,2-3,5-6H2,1H3/t8-/m0/s1. The lowest BCUT2D eigenvalue weighted by molar-refractivity contribution is 0.0447. The van der Waals surface area contributed by atoms with Gasteiger partial charge in [0.05, 0.1) is 16.4 Å². The summed E-state index contributed by atoms with van der Waals surface area (Å²) in [7, 11) is 1.76. The summed E-state index contributed by atoms with van der Waals surface area (Å²) in [6.07, 6.45) is 1.42. The van der Waals surface area contributed by atoms with Crippen molar-refractivity contribution in [1.82, 2.24) is 9.88 Å². The first-order valence-electron chi connectivity index (χ1n) is 5.57. The number of amides is 1. The zero-order valence-electron chi connectivity index (χ0n) is 9.59. The van der Waals surface area contributed by atoms with E-state index in [1.807, 2.05) is 22.0 Å². The highest BCUT2D eigenvalue weighted by molar-refractivity contribution is 8.01. The van der Waals surface area contributed by atoms with Crippen LogP contribution in [0.4, 0.5) is 0 Å². The molecule has 2 aliphatic heterocycles. The first-order valence-corrected chi connectivity index (χ1v) is 7.49. The number of carbonyl (C=O) groups excluding carboxylic acids is 1. The van der Waals surface area contributed by atoms with Crippen molar-refractivity contribution in [3.8, 4) is 0 Å². The van der Waals surface area contributed by atoms with Gasteiger partial charge in [-0.05, 0) is 6.42 Å². The Bertz CT molecular complexity index is 415. The van der Waals surface area contributed by atoms with E-state index in [9.17, 15) is 4.79 Å². The summed E-state index contributed by atoms with van der Waals surface area (Å²) in [5.41, 5.74) is 2.28. The first kappa shape index (κ1) is 11.5. The number of hydrogen-bond donors (Lipinski definition) is 0. The molecule has 0 saturated carbocycles. The van der Waals surface area contributed by atoms with Crippen LogP contribution < -0.4 is 0 Å². The van der Waals surface area contributed by atoms with Gasteiger partial charge in [0, 0.05) is 31.3 Å². The Labute approximate surface area is 108 Å². The molecular weight excluding hydrogens is 256 g/mol. The maximum absolute atomic E-state index is 12.0. The summed E-state index contributed by atoms with van der Waals surface area (Å²) < 4.78 is 5.63. The Morgan fingerprint density at radius 1 is 1.65 bits per heavy atom. The second-order valence-electron chi connectivity index (χ2n) is 4.59. The molecule has 1 spiro atoms. The molecular formula is C11H14N2O2S2. The molecule has 3 rings (SSSR count). The zero-order chi connectivity index (χ0) is 11.9. The Kier molecular flexibility index (Phi) is 2.88. The monoisotopic (exact) mass is 270 g/mol. The molecule has 1 aromatic heterocycles. The molecule has 0 unspecified atom stereocenters. The number of carbonyl (C=O) groups is 1. The fraction of sp³-hybridized carbons (Fsp3) is 0.636. The summed E-state index contributed by atoms with van der Waals surface area (Å²) in [4.78, 5) is 18.0. The van der Waals surface area contributed by atoms with Crippen molar-refractivity contribution in [2.75, 3.05) is 26.0 Å². The molecule has 0 aliphatic carbocycles. The molecule has 1 atom stereocenters. The number of thiazole rings is 1. The maximum Gasteiger partial charge on any atom is 0.273 e. The summed E-state index contributed by atoms with van der Waals surface area (Å²) in [5.74, 6) is 1.12. The van der Waals surface area contributed by atoms with Crippen LogP contribution in [0, 0.1) is 0 Å². The van der Waals surface area contributed by atoms with Gasteiger partial charge < -0.3 is 9.64 Å². The van der Waals surface area contributed by atoms with Gasteiger partial charge in [-0.15, -0.1) is 23.1 Å². The van der Waals surface area contributed by atoms with Gasteiger partial charge in [-0.2, -0.15) is 0 Å². The quantitative estimate of drug-likeness (QED) is 0.816. The molecule has 3 heterocycles. The molecule has 2 saturated heterocycles. The van der Waals surface area contributed by atoms with Crippen molar-refractivity contribution in [2.45, 2.75) is 17.3 Å². The predicted octanol–water partition coefficient (Wildman–Crippen LogP) is 1.49. The van der Waals surface area contributed by atoms with E-state index in [0.717, 1.165) is 25.3 Å². The van der Waals surface area contributed by atoms with Crippen LogP contribution in [-0.2, 0) is 4.74 Å². The van der Waals surface area contributed by atoms with Crippen molar-refractivity contribution in [3.05, 3.63) is 16.6 Å². The highest BCUT2D eigenvalue weighted by Gasteiger charge is 2.50. The van der Waals surface area contributed by atoms with Crippen LogP contribution in [-0.4, -0.2) is 52.6 Å². The number of ether oxygens (including phenoxy) is 1. The lowest BCUT2D eigenvalue weighted by Gasteiger charge is -2.47. The number of likely N-dealkylation sites (tertiary alicyclic amines) is 1. The smallest absolute Gasteiger partial charge is 0.273 e. The van der Waals surface area contributed by atoms with Crippen LogP contribution in [0.15, 0.2) is 10.9 Å². The van der Waals surface area contributed by atoms with Gasteiger partial charge in [-0.3, -0.25) is 4.79 Å². The van der Waals surface area contributed by atoms with E-state index in [4.69, 9.17) is 4.74 Å². The van der Waals surface area contributed by atoms with Crippen molar-refractivity contribution in [2.24, 2.45) is 0 Å². The van der Waals surface area contributed by atoms with E-state index in [-0.39, 0.29) is 10.7 Å². The molecule has 1 aromatic rings. The second kappa shape index (κ2) is 4.26. The third kappa shape index (κ3) is 1.98. The van der Waals surface area contributed by atoms with Crippen molar-refractivity contribution in [1.29, 1.82) is 0 Å². The molecule has 4 nitrogen and oxygen atoms in total. The number of aromatic nitrogens is 1.